The first-order valence-electron chi connectivity index (χ1n) is 10.8. The first-order chi connectivity index (χ1) is 14.5. The second-order valence-corrected chi connectivity index (χ2v) is 9.61. The van der Waals surface area contributed by atoms with E-state index in [4.69, 9.17) is 23.2 Å². The number of benzene rings is 3. The highest BCUT2D eigenvalue weighted by Gasteiger charge is 2.19. The van der Waals surface area contributed by atoms with Crippen LogP contribution >= 0.6 is 47.4 Å². The summed E-state index contributed by atoms with van der Waals surface area (Å²) < 4.78 is 0. The van der Waals surface area contributed by atoms with Crippen molar-refractivity contribution in [1.82, 2.24) is 4.90 Å². The van der Waals surface area contributed by atoms with E-state index in [1.807, 2.05) is 6.07 Å². The highest BCUT2D eigenvalue weighted by Crippen LogP contribution is 2.39. The lowest BCUT2D eigenvalue weighted by Crippen LogP contribution is -2.30. The molecule has 3 aromatic carbocycles. The molecule has 0 heterocycles. The van der Waals surface area contributed by atoms with Gasteiger partial charge in [0.15, 0.2) is 0 Å². The van der Waals surface area contributed by atoms with Gasteiger partial charge in [-0.3, -0.25) is 0 Å². The van der Waals surface area contributed by atoms with Crippen molar-refractivity contribution in [3.63, 3.8) is 0 Å². The zero-order valence-corrected chi connectivity index (χ0v) is 21.6. The zero-order valence-electron chi connectivity index (χ0n) is 18.5. The van der Waals surface area contributed by atoms with Crippen molar-refractivity contribution in [3.05, 3.63) is 52.0 Å². The minimum atomic E-state index is -0.566. The third-order valence-electron chi connectivity index (χ3n) is 5.65. The van der Waals surface area contributed by atoms with Gasteiger partial charge < -0.3 is 10.0 Å². The van der Waals surface area contributed by atoms with Crippen LogP contribution < -0.4 is 0 Å². The molecule has 3 rings (SSSR count). The van der Waals surface area contributed by atoms with E-state index in [2.05, 4.69) is 49.3 Å². The number of nitrogens with zero attached hydrogens (tertiary/aromatic N) is 1. The summed E-state index contributed by atoms with van der Waals surface area (Å²) in [6, 6.07) is 12.2. The lowest BCUT2D eigenvalue weighted by molar-refractivity contribution is 0.112. The molecule has 0 aliphatic heterocycles. The maximum absolute atomic E-state index is 11.3. The molecule has 0 fully saturated rings. The summed E-state index contributed by atoms with van der Waals surface area (Å²) in [6.45, 7) is 7.10. The van der Waals surface area contributed by atoms with Gasteiger partial charge >= 0.3 is 0 Å². The second kappa shape index (κ2) is 12.5. The molecule has 0 aliphatic rings. The van der Waals surface area contributed by atoms with Gasteiger partial charge in [0.25, 0.3) is 0 Å². The van der Waals surface area contributed by atoms with Gasteiger partial charge in [0.2, 0.25) is 0 Å². The largest absolute Gasteiger partial charge is 0.387 e. The summed E-state index contributed by atoms with van der Waals surface area (Å²) in [5.41, 5.74) is 0.946. The Morgan fingerprint density at radius 1 is 0.968 bits per heavy atom. The molecule has 0 aliphatic carbocycles. The first-order valence-corrected chi connectivity index (χ1v) is 12.8. The van der Waals surface area contributed by atoms with Crippen LogP contribution in [0.25, 0.3) is 21.5 Å². The van der Waals surface area contributed by atoms with Crippen molar-refractivity contribution in [3.8, 4) is 0 Å². The lowest BCUT2D eigenvalue weighted by atomic mass is 9.94. The first kappa shape index (κ1) is 26.6. The summed E-state index contributed by atoms with van der Waals surface area (Å²) in [7, 11) is 0. The third-order valence-corrected chi connectivity index (χ3v) is 6.89. The van der Waals surface area contributed by atoms with Crippen molar-refractivity contribution in [2.45, 2.75) is 50.5 Å². The Balaban J connectivity index is 0.00000341. The van der Waals surface area contributed by atoms with Gasteiger partial charge in [0, 0.05) is 21.8 Å². The summed E-state index contributed by atoms with van der Waals surface area (Å²) in [5, 5.41) is 16.7. The molecule has 0 spiro atoms. The van der Waals surface area contributed by atoms with Gasteiger partial charge in [-0.15, -0.1) is 24.2 Å². The van der Waals surface area contributed by atoms with Crippen LogP contribution in [0, 0.1) is 0 Å². The van der Waals surface area contributed by atoms with Crippen molar-refractivity contribution in [1.29, 1.82) is 0 Å². The molecular weight excluding hydrogens is 469 g/mol. The van der Waals surface area contributed by atoms with Crippen molar-refractivity contribution >= 4 is 68.9 Å². The standard InChI is InChI=1S/C25H31Cl2NOS.ClH/c1-4-6-10-28(11-7-5-2)16-24(29)21-13-17-12-18(26)14-23(27)25(17)22-15-19(30-3)8-9-20(21)22;/h8-9,12-15,24,29H,4-7,10-11,16H2,1-3H3;1H. The van der Waals surface area contributed by atoms with E-state index < -0.39 is 6.10 Å². The Kier molecular flexibility index (Phi) is 10.7. The molecule has 6 heteroatoms. The maximum Gasteiger partial charge on any atom is 0.0923 e. The second-order valence-electron chi connectivity index (χ2n) is 7.89. The number of fused-ring (bicyclic) bond motifs is 3. The topological polar surface area (TPSA) is 23.5 Å². The molecule has 0 bridgehead atoms. The number of unbranched alkanes of at least 4 members (excludes halogenated alkanes) is 2. The Morgan fingerprint density at radius 2 is 1.65 bits per heavy atom. The fraction of sp³-hybridized carbons (Fsp3) is 0.440. The van der Waals surface area contributed by atoms with E-state index in [9.17, 15) is 5.11 Å². The van der Waals surface area contributed by atoms with Crippen LogP contribution in [0.5, 0.6) is 0 Å². The van der Waals surface area contributed by atoms with Crippen LogP contribution in [-0.4, -0.2) is 35.9 Å². The Labute approximate surface area is 206 Å². The minimum Gasteiger partial charge on any atom is -0.387 e. The minimum absolute atomic E-state index is 0. The van der Waals surface area contributed by atoms with E-state index in [0.717, 1.165) is 65.9 Å². The molecule has 1 N–H and O–H groups in total. The van der Waals surface area contributed by atoms with Gasteiger partial charge in [-0.1, -0.05) is 56.0 Å². The predicted molar refractivity (Wildman–Crippen MR) is 142 cm³/mol. The summed E-state index contributed by atoms with van der Waals surface area (Å²) >= 11 is 14.6. The average molecular weight is 501 g/mol. The van der Waals surface area contributed by atoms with Crippen LogP contribution in [0.4, 0.5) is 0 Å². The van der Waals surface area contributed by atoms with Gasteiger partial charge in [0.1, 0.15) is 0 Å². The van der Waals surface area contributed by atoms with Gasteiger partial charge in [-0.2, -0.15) is 0 Å². The van der Waals surface area contributed by atoms with Gasteiger partial charge in [-0.05, 0) is 84.2 Å². The van der Waals surface area contributed by atoms with E-state index in [0.29, 0.717) is 16.6 Å². The van der Waals surface area contributed by atoms with Crippen LogP contribution in [0.1, 0.15) is 51.2 Å². The zero-order chi connectivity index (χ0) is 21.7. The Hall–Kier alpha value is -0.680. The Morgan fingerprint density at radius 3 is 2.26 bits per heavy atom. The molecule has 1 unspecified atom stereocenters. The number of aliphatic hydroxyl groups excluding tert-OH is 1. The fourth-order valence-electron chi connectivity index (χ4n) is 4.02. The molecule has 3 aromatic rings. The highest BCUT2D eigenvalue weighted by molar-refractivity contribution is 7.98. The number of hydrogen-bond donors (Lipinski definition) is 1. The number of halogens is 3. The van der Waals surface area contributed by atoms with E-state index in [1.165, 1.54) is 4.90 Å². The molecule has 0 saturated carbocycles. The van der Waals surface area contributed by atoms with E-state index in [1.54, 1.807) is 17.8 Å². The molecule has 0 aromatic heterocycles. The number of aliphatic hydroxyl groups is 1. The molecule has 1 atom stereocenters. The molecule has 0 radical (unpaired) electrons. The fourth-order valence-corrected chi connectivity index (χ4v) is 5.07. The van der Waals surface area contributed by atoms with Crippen LogP contribution in [0.3, 0.4) is 0 Å². The van der Waals surface area contributed by atoms with E-state index in [-0.39, 0.29) is 12.4 Å². The SMILES string of the molecule is CCCCN(CCCC)CC(O)c1cc2cc(Cl)cc(Cl)c2c2cc(SC)ccc12.Cl. The predicted octanol–water partition coefficient (Wildman–Crippen LogP) is 8.38. The van der Waals surface area contributed by atoms with E-state index >= 15 is 0 Å². The lowest BCUT2D eigenvalue weighted by Gasteiger charge is -2.26. The third kappa shape index (κ3) is 6.43. The summed E-state index contributed by atoms with van der Waals surface area (Å²) in [5.74, 6) is 0. The van der Waals surface area contributed by atoms with Gasteiger partial charge in [-0.25, -0.2) is 0 Å². The van der Waals surface area contributed by atoms with Crippen molar-refractivity contribution < 1.29 is 5.11 Å². The molecule has 170 valence electrons. The number of thioether (sulfide) groups is 1. The summed E-state index contributed by atoms with van der Waals surface area (Å²) in [6.07, 6.45) is 6.12. The number of rotatable bonds is 10. The molecule has 0 amide bonds. The Bertz CT molecular complexity index is 1000. The molecular formula is C25H32Cl3NOS. The van der Waals surface area contributed by atoms with Crippen LogP contribution in [0.15, 0.2) is 41.3 Å². The van der Waals surface area contributed by atoms with Crippen LogP contribution in [-0.2, 0) is 0 Å². The highest BCUT2D eigenvalue weighted by atomic mass is 35.5. The normalized spacial score (nSPS) is 12.5. The average Bonchev–Trinajstić information content (AvgIpc) is 2.73. The monoisotopic (exact) mass is 499 g/mol. The smallest absolute Gasteiger partial charge is 0.0923 e. The maximum atomic E-state index is 11.3. The quantitative estimate of drug-likeness (QED) is 0.223. The molecule has 31 heavy (non-hydrogen) atoms. The van der Waals surface area contributed by atoms with Crippen molar-refractivity contribution in [2.24, 2.45) is 0 Å². The molecule has 2 nitrogen and oxygen atoms in total. The molecule has 0 saturated heterocycles. The van der Waals surface area contributed by atoms with Gasteiger partial charge in [0.05, 0.1) is 11.1 Å². The van der Waals surface area contributed by atoms with Crippen molar-refractivity contribution in [2.75, 3.05) is 25.9 Å². The van der Waals surface area contributed by atoms with Crippen LogP contribution in [0.2, 0.25) is 10.0 Å². The summed E-state index contributed by atoms with van der Waals surface area (Å²) in [4.78, 5) is 3.57. The number of hydrogen-bond acceptors (Lipinski definition) is 3.